The lowest BCUT2D eigenvalue weighted by Gasteiger charge is -2.24. The van der Waals surface area contributed by atoms with Crippen molar-refractivity contribution in [2.24, 2.45) is 11.8 Å². The maximum Gasteiger partial charge on any atom is 0.328 e. The summed E-state index contributed by atoms with van der Waals surface area (Å²) >= 11 is 0. The van der Waals surface area contributed by atoms with E-state index >= 15 is 0 Å². The molecule has 0 radical (unpaired) electrons. The molecule has 0 aliphatic carbocycles. The van der Waals surface area contributed by atoms with Crippen LogP contribution in [-0.4, -0.2) is 17.8 Å². The van der Waals surface area contributed by atoms with E-state index in [0.717, 1.165) is 25.7 Å². The number of nitrogens with one attached hydrogen (secondary N) is 2. The summed E-state index contributed by atoms with van der Waals surface area (Å²) in [6.45, 7) is 4.18. The van der Waals surface area contributed by atoms with Crippen LogP contribution in [0.4, 0.5) is 4.79 Å². The second-order valence-corrected chi connectivity index (χ2v) is 4.51. The third-order valence-electron chi connectivity index (χ3n) is 3.22. The number of carbonyl (C=O) groups is 3. The summed E-state index contributed by atoms with van der Waals surface area (Å²) < 4.78 is 0. The van der Waals surface area contributed by atoms with Gasteiger partial charge in [-0.3, -0.25) is 20.2 Å². The molecule has 0 saturated carbocycles. The fourth-order valence-corrected chi connectivity index (χ4v) is 2.08. The Hall–Kier alpha value is -1.39. The van der Waals surface area contributed by atoms with Gasteiger partial charge in [0.15, 0.2) is 0 Å². The second-order valence-electron chi connectivity index (χ2n) is 4.51. The molecule has 1 heterocycles. The topological polar surface area (TPSA) is 75.3 Å². The molecule has 1 saturated heterocycles. The van der Waals surface area contributed by atoms with Crippen LogP contribution in [0.25, 0.3) is 0 Å². The predicted octanol–water partition coefficient (Wildman–Crippen LogP) is 1.58. The van der Waals surface area contributed by atoms with Crippen molar-refractivity contribution >= 4 is 17.8 Å². The van der Waals surface area contributed by atoms with E-state index in [9.17, 15) is 14.4 Å². The van der Waals surface area contributed by atoms with Crippen LogP contribution >= 0.6 is 0 Å². The molecule has 4 amide bonds. The first-order chi connectivity index (χ1) is 8.08. The van der Waals surface area contributed by atoms with E-state index in [2.05, 4.69) is 24.5 Å². The molecule has 0 unspecified atom stereocenters. The highest BCUT2D eigenvalue weighted by molar-refractivity contribution is 6.16. The van der Waals surface area contributed by atoms with Crippen LogP contribution in [0, 0.1) is 11.8 Å². The fraction of sp³-hybridized carbons (Fsp3) is 0.750. The summed E-state index contributed by atoms with van der Waals surface area (Å²) in [5.74, 6) is -1.28. The molecule has 0 aromatic carbocycles. The molecule has 2 N–H and O–H groups in total. The number of hydrogen-bond donors (Lipinski definition) is 2. The first-order valence-electron chi connectivity index (χ1n) is 6.24. The van der Waals surface area contributed by atoms with Crippen LogP contribution in [0.5, 0.6) is 0 Å². The minimum Gasteiger partial charge on any atom is -0.277 e. The number of rotatable bonds is 6. The SMILES string of the molecule is CCCC[C@@H](CC)CC1C(=O)NC(=O)NC1=O. The second kappa shape index (κ2) is 6.37. The first kappa shape index (κ1) is 13.7. The van der Waals surface area contributed by atoms with Crippen molar-refractivity contribution in [2.45, 2.75) is 46.0 Å². The molecule has 1 rings (SSSR count). The Morgan fingerprint density at radius 1 is 1.12 bits per heavy atom. The van der Waals surface area contributed by atoms with Crippen molar-refractivity contribution in [1.29, 1.82) is 0 Å². The van der Waals surface area contributed by atoms with Gasteiger partial charge in [-0.1, -0.05) is 39.5 Å². The molecule has 1 aliphatic heterocycles. The van der Waals surface area contributed by atoms with Crippen molar-refractivity contribution in [3.63, 3.8) is 0 Å². The molecule has 0 spiro atoms. The average Bonchev–Trinajstić information content (AvgIpc) is 2.27. The summed E-state index contributed by atoms with van der Waals surface area (Å²) in [5, 5.41) is 4.27. The van der Waals surface area contributed by atoms with Gasteiger partial charge in [-0.25, -0.2) is 4.79 Å². The zero-order chi connectivity index (χ0) is 12.8. The number of barbiturate groups is 1. The van der Waals surface area contributed by atoms with Crippen molar-refractivity contribution in [3.05, 3.63) is 0 Å². The minimum atomic E-state index is -0.713. The normalized spacial score (nSPS) is 18.8. The lowest BCUT2D eigenvalue weighted by Crippen LogP contribution is -2.56. The largest absolute Gasteiger partial charge is 0.328 e. The molecule has 5 nitrogen and oxygen atoms in total. The molecule has 5 heteroatoms. The van der Waals surface area contributed by atoms with Crippen LogP contribution in [0.1, 0.15) is 46.0 Å². The van der Waals surface area contributed by atoms with Crippen molar-refractivity contribution in [1.82, 2.24) is 10.6 Å². The highest BCUT2D eigenvalue weighted by Gasteiger charge is 2.35. The predicted molar refractivity (Wildman–Crippen MR) is 63.1 cm³/mol. The summed E-state index contributed by atoms with van der Waals surface area (Å²) in [7, 11) is 0. The number of amides is 4. The lowest BCUT2D eigenvalue weighted by atomic mass is 9.87. The monoisotopic (exact) mass is 240 g/mol. The molecule has 96 valence electrons. The molecule has 0 aromatic heterocycles. The highest BCUT2D eigenvalue weighted by atomic mass is 16.2. The van der Waals surface area contributed by atoms with Crippen molar-refractivity contribution in [2.75, 3.05) is 0 Å². The summed E-state index contributed by atoms with van der Waals surface area (Å²) in [5.41, 5.74) is 0. The van der Waals surface area contributed by atoms with E-state index in [0.29, 0.717) is 12.3 Å². The number of unbranched alkanes of at least 4 members (excludes halogenated alkanes) is 1. The molecule has 0 aromatic rings. The molecule has 1 atom stereocenters. The van der Waals surface area contributed by atoms with Crippen LogP contribution in [0.3, 0.4) is 0 Å². The number of imide groups is 2. The van der Waals surface area contributed by atoms with Gasteiger partial charge in [-0.05, 0) is 12.3 Å². The maximum absolute atomic E-state index is 11.5. The standard InChI is InChI=1S/C12H20N2O3/c1-3-5-6-8(4-2)7-9-10(15)13-12(17)14-11(9)16/h8-9H,3-7H2,1-2H3,(H2,13,14,15,16,17)/t8-/m1/s1. The highest BCUT2D eigenvalue weighted by Crippen LogP contribution is 2.22. The third kappa shape index (κ3) is 3.84. The van der Waals surface area contributed by atoms with Gasteiger partial charge in [-0.15, -0.1) is 0 Å². The van der Waals surface area contributed by atoms with Crippen LogP contribution < -0.4 is 10.6 Å². The Morgan fingerprint density at radius 2 is 1.71 bits per heavy atom. The Kier molecular flexibility index (Phi) is 5.12. The first-order valence-corrected chi connectivity index (χ1v) is 6.24. The summed E-state index contributed by atoms with van der Waals surface area (Å²) in [6, 6.07) is -0.710. The fourth-order valence-electron chi connectivity index (χ4n) is 2.08. The van der Waals surface area contributed by atoms with Crippen molar-refractivity contribution in [3.8, 4) is 0 Å². The van der Waals surface area contributed by atoms with E-state index in [1.165, 1.54) is 0 Å². The van der Waals surface area contributed by atoms with Gasteiger partial charge in [0.05, 0.1) is 0 Å². The van der Waals surface area contributed by atoms with Crippen LogP contribution in [-0.2, 0) is 9.59 Å². The van der Waals surface area contributed by atoms with Crippen molar-refractivity contribution < 1.29 is 14.4 Å². The number of hydrogen-bond acceptors (Lipinski definition) is 3. The van der Waals surface area contributed by atoms with Gasteiger partial charge in [0, 0.05) is 0 Å². The quantitative estimate of drug-likeness (QED) is 0.692. The zero-order valence-corrected chi connectivity index (χ0v) is 10.4. The van der Waals surface area contributed by atoms with E-state index in [-0.39, 0.29) is 0 Å². The van der Waals surface area contributed by atoms with Crippen LogP contribution in [0.2, 0.25) is 0 Å². The number of carbonyl (C=O) groups excluding carboxylic acids is 3. The Balaban J connectivity index is 2.55. The van der Waals surface area contributed by atoms with E-state index in [4.69, 9.17) is 0 Å². The maximum atomic E-state index is 11.5. The molecule has 1 aliphatic rings. The molecule has 1 fully saturated rings. The smallest absolute Gasteiger partial charge is 0.277 e. The van der Waals surface area contributed by atoms with E-state index in [1.807, 2.05) is 0 Å². The van der Waals surface area contributed by atoms with Gasteiger partial charge in [0.1, 0.15) is 5.92 Å². The molecular formula is C12H20N2O3. The molecule has 17 heavy (non-hydrogen) atoms. The van der Waals surface area contributed by atoms with Gasteiger partial charge < -0.3 is 0 Å². The molecule has 0 bridgehead atoms. The average molecular weight is 240 g/mol. The van der Waals surface area contributed by atoms with E-state index < -0.39 is 23.8 Å². The van der Waals surface area contributed by atoms with Gasteiger partial charge in [0.25, 0.3) is 0 Å². The third-order valence-corrected chi connectivity index (χ3v) is 3.22. The van der Waals surface area contributed by atoms with Gasteiger partial charge >= 0.3 is 6.03 Å². The summed E-state index contributed by atoms with van der Waals surface area (Å²) in [4.78, 5) is 34.0. The molecular weight excluding hydrogens is 220 g/mol. The van der Waals surface area contributed by atoms with Gasteiger partial charge in [0.2, 0.25) is 11.8 Å². The Morgan fingerprint density at radius 3 is 2.18 bits per heavy atom. The van der Waals surface area contributed by atoms with E-state index in [1.54, 1.807) is 0 Å². The Bertz CT molecular complexity index is 295. The minimum absolute atomic E-state index is 0.365. The van der Waals surface area contributed by atoms with Crippen LogP contribution in [0.15, 0.2) is 0 Å². The Labute approximate surface area is 101 Å². The lowest BCUT2D eigenvalue weighted by molar-refractivity contribution is -0.136. The zero-order valence-electron chi connectivity index (χ0n) is 10.4. The summed E-state index contributed by atoms with van der Waals surface area (Å²) in [6.07, 6.45) is 4.72. The number of urea groups is 1. The van der Waals surface area contributed by atoms with Gasteiger partial charge in [-0.2, -0.15) is 0 Å².